The van der Waals surface area contributed by atoms with Crippen LogP contribution in [0.1, 0.15) is 42.3 Å². The van der Waals surface area contributed by atoms with Crippen LogP contribution in [-0.2, 0) is 5.54 Å². The van der Waals surface area contributed by atoms with Gasteiger partial charge in [-0.3, -0.25) is 4.79 Å². The second-order valence-corrected chi connectivity index (χ2v) is 8.12. The molecule has 0 radical (unpaired) electrons. The molecule has 1 heterocycles. The Balaban J connectivity index is 1.64. The predicted molar refractivity (Wildman–Crippen MR) is 122 cm³/mol. The fraction of sp³-hybridized carbons (Fsp3) is 0.160. The van der Waals surface area contributed by atoms with E-state index < -0.39 is 5.54 Å². The van der Waals surface area contributed by atoms with Crippen molar-refractivity contribution in [2.45, 2.75) is 26.3 Å². The van der Waals surface area contributed by atoms with Gasteiger partial charge in [0.25, 0.3) is 5.91 Å². The molecule has 0 saturated carbocycles. The van der Waals surface area contributed by atoms with E-state index in [4.69, 9.17) is 0 Å². The maximum absolute atomic E-state index is 13.1. The maximum atomic E-state index is 13.1. The summed E-state index contributed by atoms with van der Waals surface area (Å²) in [5.41, 5.74) is 4.50. The van der Waals surface area contributed by atoms with E-state index in [1.54, 1.807) is 12.1 Å². The number of phenols is 1. The van der Waals surface area contributed by atoms with Gasteiger partial charge in [-0.2, -0.15) is 0 Å². The SMILES string of the molecule is C=C(C)c1cccc(C(C)(C)NC(=O)c2ccc(O)c(-n3nc4ccccc4n3)c2)c1. The molecule has 2 N–H and O–H groups in total. The van der Waals surface area contributed by atoms with E-state index in [9.17, 15) is 9.90 Å². The molecule has 1 amide bonds. The van der Waals surface area contributed by atoms with Gasteiger partial charge in [-0.15, -0.1) is 15.0 Å². The maximum Gasteiger partial charge on any atom is 0.252 e. The largest absolute Gasteiger partial charge is 0.506 e. The van der Waals surface area contributed by atoms with Crippen LogP contribution in [0.2, 0.25) is 0 Å². The highest BCUT2D eigenvalue weighted by Gasteiger charge is 2.24. The lowest BCUT2D eigenvalue weighted by Crippen LogP contribution is -2.41. The highest BCUT2D eigenvalue weighted by atomic mass is 16.3. The number of carbonyl (C=O) groups excluding carboxylic acids is 1. The van der Waals surface area contributed by atoms with Gasteiger partial charge in [0.15, 0.2) is 0 Å². The smallest absolute Gasteiger partial charge is 0.252 e. The molecular formula is C25H24N4O2. The van der Waals surface area contributed by atoms with E-state index in [0.717, 1.165) is 16.7 Å². The first-order chi connectivity index (χ1) is 14.7. The Morgan fingerprint density at radius 2 is 1.65 bits per heavy atom. The molecular weight excluding hydrogens is 388 g/mol. The lowest BCUT2D eigenvalue weighted by atomic mass is 9.91. The third-order valence-electron chi connectivity index (χ3n) is 5.24. The zero-order chi connectivity index (χ0) is 22.2. The number of carbonyl (C=O) groups is 1. The third kappa shape index (κ3) is 4.05. The molecule has 6 nitrogen and oxygen atoms in total. The molecule has 156 valence electrons. The molecule has 4 rings (SSSR count). The van der Waals surface area contributed by atoms with Crippen molar-refractivity contribution >= 4 is 22.5 Å². The Kier molecular flexibility index (Phi) is 5.07. The molecule has 0 bridgehead atoms. The summed E-state index contributed by atoms with van der Waals surface area (Å²) < 4.78 is 0. The Bertz CT molecular complexity index is 1270. The van der Waals surface area contributed by atoms with Gasteiger partial charge in [0, 0.05) is 5.56 Å². The summed E-state index contributed by atoms with van der Waals surface area (Å²) in [5.74, 6) is -0.269. The van der Waals surface area contributed by atoms with Crippen LogP contribution >= 0.6 is 0 Å². The van der Waals surface area contributed by atoms with Crippen LogP contribution in [0, 0.1) is 0 Å². The topological polar surface area (TPSA) is 80.0 Å². The minimum absolute atomic E-state index is 0.00900. The molecule has 0 aliphatic carbocycles. The van der Waals surface area contributed by atoms with Crippen LogP contribution in [0.25, 0.3) is 22.3 Å². The Hall–Kier alpha value is -3.93. The molecule has 6 heteroatoms. The van der Waals surface area contributed by atoms with Crippen LogP contribution in [0.15, 0.2) is 73.3 Å². The van der Waals surface area contributed by atoms with Gasteiger partial charge in [0.1, 0.15) is 22.5 Å². The summed E-state index contributed by atoms with van der Waals surface area (Å²) in [7, 11) is 0. The monoisotopic (exact) mass is 412 g/mol. The lowest BCUT2D eigenvalue weighted by molar-refractivity contribution is 0.0912. The number of hydrogen-bond donors (Lipinski definition) is 2. The number of aromatic hydroxyl groups is 1. The zero-order valence-electron chi connectivity index (χ0n) is 17.8. The minimum atomic E-state index is -0.612. The van der Waals surface area contributed by atoms with Crippen LogP contribution < -0.4 is 5.32 Å². The minimum Gasteiger partial charge on any atom is -0.506 e. The number of allylic oxidation sites excluding steroid dienone is 1. The highest BCUT2D eigenvalue weighted by molar-refractivity contribution is 5.95. The van der Waals surface area contributed by atoms with Gasteiger partial charge in [0.05, 0.1) is 5.54 Å². The number of nitrogens with zero attached hydrogens (tertiary/aromatic N) is 3. The normalized spacial score (nSPS) is 11.5. The second kappa shape index (κ2) is 7.72. The number of benzene rings is 3. The highest BCUT2D eigenvalue weighted by Crippen LogP contribution is 2.26. The zero-order valence-corrected chi connectivity index (χ0v) is 17.8. The molecule has 0 spiro atoms. The number of fused-ring (bicyclic) bond motifs is 1. The summed E-state index contributed by atoms with van der Waals surface area (Å²) in [6.07, 6.45) is 0. The average Bonchev–Trinajstić information content (AvgIpc) is 3.17. The molecule has 0 atom stereocenters. The molecule has 1 aromatic heterocycles. The van der Waals surface area contributed by atoms with Crippen molar-refractivity contribution in [2.75, 3.05) is 0 Å². The number of amides is 1. The first-order valence-corrected chi connectivity index (χ1v) is 9.99. The summed E-state index contributed by atoms with van der Waals surface area (Å²) in [6, 6.07) is 20.0. The average molecular weight is 412 g/mol. The van der Waals surface area contributed by atoms with Crippen molar-refractivity contribution in [2.24, 2.45) is 0 Å². The van der Waals surface area contributed by atoms with E-state index >= 15 is 0 Å². The van der Waals surface area contributed by atoms with Crippen molar-refractivity contribution in [3.63, 3.8) is 0 Å². The van der Waals surface area contributed by atoms with Gasteiger partial charge >= 0.3 is 0 Å². The van der Waals surface area contributed by atoms with Crippen LogP contribution in [0.3, 0.4) is 0 Å². The first-order valence-electron chi connectivity index (χ1n) is 9.99. The molecule has 0 fully saturated rings. The van der Waals surface area contributed by atoms with E-state index in [2.05, 4.69) is 22.1 Å². The molecule has 0 aliphatic rings. The summed E-state index contributed by atoms with van der Waals surface area (Å²) in [5, 5.41) is 22.2. The van der Waals surface area contributed by atoms with Crippen LogP contribution in [-0.4, -0.2) is 26.0 Å². The molecule has 31 heavy (non-hydrogen) atoms. The van der Waals surface area contributed by atoms with Crippen molar-refractivity contribution in [3.8, 4) is 11.4 Å². The van der Waals surface area contributed by atoms with Gasteiger partial charge in [-0.05, 0) is 68.3 Å². The van der Waals surface area contributed by atoms with E-state index in [-0.39, 0.29) is 11.7 Å². The summed E-state index contributed by atoms with van der Waals surface area (Å²) in [6.45, 7) is 9.85. The molecule has 0 saturated heterocycles. The standard InChI is InChI=1S/C25H24N4O2/c1-16(2)17-8-7-9-19(14-17)25(3,4)26-24(31)18-12-13-23(30)22(15-18)29-27-20-10-5-6-11-21(20)28-29/h5-15,30H,1H2,2-4H3,(H,26,31). The number of nitrogens with one attached hydrogen (secondary N) is 1. The van der Waals surface area contributed by atoms with Crippen molar-refractivity contribution in [3.05, 3.63) is 90.0 Å². The quantitative estimate of drug-likeness (QED) is 0.492. The molecule has 0 unspecified atom stereocenters. The second-order valence-electron chi connectivity index (χ2n) is 8.12. The Morgan fingerprint density at radius 3 is 2.29 bits per heavy atom. The van der Waals surface area contributed by atoms with Crippen molar-refractivity contribution in [1.82, 2.24) is 20.3 Å². The first kappa shape index (κ1) is 20.3. The Morgan fingerprint density at radius 1 is 0.968 bits per heavy atom. The Labute approximate surface area is 180 Å². The molecule has 3 aromatic carbocycles. The van der Waals surface area contributed by atoms with Crippen LogP contribution in [0.5, 0.6) is 5.75 Å². The molecule has 0 aliphatic heterocycles. The summed E-state index contributed by atoms with van der Waals surface area (Å²) >= 11 is 0. The van der Waals surface area contributed by atoms with Crippen molar-refractivity contribution in [1.29, 1.82) is 0 Å². The van der Waals surface area contributed by atoms with Gasteiger partial charge < -0.3 is 10.4 Å². The molecule has 4 aromatic rings. The third-order valence-corrected chi connectivity index (χ3v) is 5.24. The van der Waals surface area contributed by atoms with Gasteiger partial charge in [0.2, 0.25) is 0 Å². The fourth-order valence-electron chi connectivity index (χ4n) is 3.39. The van der Waals surface area contributed by atoms with Gasteiger partial charge in [-0.1, -0.05) is 42.5 Å². The van der Waals surface area contributed by atoms with E-state index in [0.29, 0.717) is 22.3 Å². The number of phenolic OH excluding ortho intramolecular Hbond substituents is 1. The number of hydrogen-bond acceptors (Lipinski definition) is 4. The van der Waals surface area contributed by atoms with Crippen LogP contribution in [0.4, 0.5) is 0 Å². The van der Waals surface area contributed by atoms with E-state index in [1.165, 1.54) is 10.9 Å². The van der Waals surface area contributed by atoms with Crippen molar-refractivity contribution < 1.29 is 9.90 Å². The summed E-state index contributed by atoms with van der Waals surface area (Å²) in [4.78, 5) is 14.4. The lowest BCUT2D eigenvalue weighted by Gasteiger charge is -2.27. The fourth-order valence-corrected chi connectivity index (χ4v) is 3.39. The van der Waals surface area contributed by atoms with E-state index in [1.807, 2.05) is 69.3 Å². The predicted octanol–water partition coefficient (Wildman–Crippen LogP) is 4.82. The number of rotatable bonds is 5. The van der Waals surface area contributed by atoms with Gasteiger partial charge in [-0.25, -0.2) is 0 Å². The number of aromatic nitrogens is 3.